The van der Waals surface area contributed by atoms with Gasteiger partial charge in [0.05, 0.1) is 6.33 Å². The Bertz CT molecular complexity index is 340. The number of nitrogens with zero attached hydrogens (tertiary/aromatic N) is 2. The molecule has 0 radical (unpaired) electrons. The Kier molecular flexibility index (Phi) is 9.65. The van der Waals surface area contributed by atoms with Gasteiger partial charge in [0.1, 0.15) is 0 Å². The van der Waals surface area contributed by atoms with Crippen molar-refractivity contribution in [3.63, 3.8) is 0 Å². The van der Waals surface area contributed by atoms with Crippen LogP contribution in [0.2, 0.25) is 0 Å². The molecule has 1 aromatic rings. The second kappa shape index (κ2) is 10.1. The molecule has 7 heteroatoms. The highest BCUT2D eigenvalue weighted by molar-refractivity contribution is 5.85. The lowest BCUT2D eigenvalue weighted by molar-refractivity contribution is -0.121. The van der Waals surface area contributed by atoms with Gasteiger partial charge in [0.2, 0.25) is 5.91 Å². The minimum absolute atomic E-state index is 0. The first-order valence-electron chi connectivity index (χ1n) is 6.28. The van der Waals surface area contributed by atoms with Crippen molar-refractivity contribution in [2.45, 2.75) is 25.8 Å². The van der Waals surface area contributed by atoms with Crippen molar-refractivity contribution in [2.75, 3.05) is 19.6 Å². The largest absolute Gasteiger partial charge is 0.354 e. The highest BCUT2D eigenvalue weighted by Crippen LogP contribution is 2.13. The van der Waals surface area contributed by atoms with Gasteiger partial charge in [-0.2, -0.15) is 0 Å². The van der Waals surface area contributed by atoms with E-state index in [0.717, 1.165) is 26.1 Å². The topological polar surface area (TPSA) is 59.0 Å². The second-order valence-electron chi connectivity index (χ2n) is 4.55. The van der Waals surface area contributed by atoms with Crippen LogP contribution in [0, 0.1) is 5.92 Å². The number of amides is 1. The van der Waals surface area contributed by atoms with E-state index < -0.39 is 0 Å². The molecule has 2 rings (SSSR count). The number of hydrogen-bond acceptors (Lipinski definition) is 3. The first kappa shape index (κ1) is 18.2. The number of imidazole rings is 1. The van der Waals surface area contributed by atoms with Crippen LogP contribution < -0.4 is 10.6 Å². The van der Waals surface area contributed by atoms with E-state index in [-0.39, 0.29) is 30.7 Å². The Morgan fingerprint density at radius 1 is 1.47 bits per heavy atom. The maximum absolute atomic E-state index is 11.6. The van der Waals surface area contributed by atoms with Crippen molar-refractivity contribution in [1.82, 2.24) is 20.2 Å². The SMILES string of the molecule is Cl.Cl.O=C(CCC1CCNC1)NCCn1ccnc1. The molecule has 1 amide bonds. The fourth-order valence-electron chi connectivity index (χ4n) is 2.13. The van der Waals surface area contributed by atoms with Gasteiger partial charge < -0.3 is 15.2 Å². The van der Waals surface area contributed by atoms with Crippen molar-refractivity contribution in [1.29, 1.82) is 0 Å². The van der Waals surface area contributed by atoms with Gasteiger partial charge in [0.15, 0.2) is 0 Å². The van der Waals surface area contributed by atoms with Crippen LogP contribution in [0.25, 0.3) is 0 Å². The van der Waals surface area contributed by atoms with Crippen LogP contribution in [-0.2, 0) is 11.3 Å². The summed E-state index contributed by atoms with van der Waals surface area (Å²) in [5.74, 6) is 0.853. The lowest BCUT2D eigenvalue weighted by Gasteiger charge is -2.08. The molecule has 1 aliphatic rings. The Labute approximate surface area is 126 Å². The van der Waals surface area contributed by atoms with Crippen LogP contribution in [0.15, 0.2) is 18.7 Å². The zero-order valence-electron chi connectivity index (χ0n) is 10.9. The number of carbonyl (C=O) groups is 1. The van der Waals surface area contributed by atoms with Gasteiger partial charge in [-0.25, -0.2) is 4.98 Å². The molecule has 0 bridgehead atoms. The number of rotatable bonds is 6. The fraction of sp³-hybridized carbons (Fsp3) is 0.667. The molecule has 0 saturated carbocycles. The Balaban J connectivity index is 0.00000162. The Morgan fingerprint density at radius 2 is 2.32 bits per heavy atom. The van der Waals surface area contributed by atoms with Crippen molar-refractivity contribution in [2.24, 2.45) is 5.92 Å². The van der Waals surface area contributed by atoms with E-state index >= 15 is 0 Å². The van der Waals surface area contributed by atoms with E-state index in [2.05, 4.69) is 15.6 Å². The average Bonchev–Trinajstić information content (AvgIpc) is 2.99. The van der Waals surface area contributed by atoms with Gasteiger partial charge in [-0.05, 0) is 31.8 Å². The minimum Gasteiger partial charge on any atom is -0.354 e. The number of nitrogens with one attached hydrogen (secondary N) is 2. The van der Waals surface area contributed by atoms with Gasteiger partial charge in [-0.15, -0.1) is 24.8 Å². The third kappa shape index (κ3) is 6.80. The number of aromatic nitrogens is 2. The number of carbonyl (C=O) groups excluding carboxylic acids is 1. The highest BCUT2D eigenvalue weighted by atomic mass is 35.5. The van der Waals surface area contributed by atoms with Crippen molar-refractivity contribution >= 4 is 30.7 Å². The minimum atomic E-state index is 0. The molecule has 1 fully saturated rings. The second-order valence-corrected chi connectivity index (χ2v) is 4.55. The standard InChI is InChI=1S/C12H20N4O.2ClH/c17-12(2-1-11-3-4-13-9-11)15-6-8-16-7-5-14-10-16;;/h5,7,10-11,13H,1-4,6,8-9H2,(H,15,17);2*1H. The zero-order chi connectivity index (χ0) is 11.9. The molecular formula is C12H22Cl2N4O. The summed E-state index contributed by atoms with van der Waals surface area (Å²) in [7, 11) is 0. The molecule has 1 saturated heterocycles. The highest BCUT2D eigenvalue weighted by Gasteiger charge is 2.15. The summed E-state index contributed by atoms with van der Waals surface area (Å²) in [5, 5.41) is 6.25. The van der Waals surface area contributed by atoms with E-state index in [1.807, 2.05) is 10.8 Å². The third-order valence-corrected chi connectivity index (χ3v) is 3.19. The smallest absolute Gasteiger partial charge is 0.220 e. The molecule has 19 heavy (non-hydrogen) atoms. The van der Waals surface area contributed by atoms with E-state index in [0.29, 0.717) is 18.9 Å². The first-order chi connectivity index (χ1) is 8.34. The molecule has 0 spiro atoms. The molecule has 1 atom stereocenters. The van der Waals surface area contributed by atoms with E-state index in [1.165, 1.54) is 6.42 Å². The van der Waals surface area contributed by atoms with E-state index in [1.54, 1.807) is 12.5 Å². The predicted octanol–water partition coefficient (Wildman–Crippen LogP) is 1.23. The molecule has 2 N–H and O–H groups in total. The van der Waals surface area contributed by atoms with Crippen molar-refractivity contribution in [3.05, 3.63) is 18.7 Å². The van der Waals surface area contributed by atoms with Crippen LogP contribution in [0.5, 0.6) is 0 Å². The lowest BCUT2D eigenvalue weighted by Crippen LogP contribution is -2.27. The summed E-state index contributed by atoms with van der Waals surface area (Å²) in [6.07, 6.45) is 8.27. The summed E-state index contributed by atoms with van der Waals surface area (Å²) in [5.41, 5.74) is 0. The molecule has 0 aromatic carbocycles. The van der Waals surface area contributed by atoms with E-state index in [4.69, 9.17) is 0 Å². The molecule has 5 nitrogen and oxygen atoms in total. The van der Waals surface area contributed by atoms with Crippen LogP contribution >= 0.6 is 24.8 Å². The predicted molar refractivity (Wildman–Crippen MR) is 79.9 cm³/mol. The van der Waals surface area contributed by atoms with Gasteiger partial charge >= 0.3 is 0 Å². The summed E-state index contributed by atoms with van der Waals surface area (Å²) in [6.45, 7) is 3.64. The molecular weight excluding hydrogens is 287 g/mol. The van der Waals surface area contributed by atoms with Crippen molar-refractivity contribution in [3.8, 4) is 0 Å². The van der Waals surface area contributed by atoms with Crippen LogP contribution in [0.4, 0.5) is 0 Å². The zero-order valence-corrected chi connectivity index (χ0v) is 12.5. The number of hydrogen-bond donors (Lipinski definition) is 2. The van der Waals surface area contributed by atoms with Crippen molar-refractivity contribution < 1.29 is 4.79 Å². The van der Waals surface area contributed by atoms with Gasteiger partial charge in [-0.1, -0.05) is 0 Å². The maximum atomic E-state index is 11.6. The van der Waals surface area contributed by atoms with E-state index in [9.17, 15) is 4.79 Å². The number of halogens is 2. The quantitative estimate of drug-likeness (QED) is 0.831. The third-order valence-electron chi connectivity index (χ3n) is 3.19. The van der Waals surface area contributed by atoms with Crippen LogP contribution in [0.3, 0.4) is 0 Å². The van der Waals surface area contributed by atoms with Crippen LogP contribution in [-0.4, -0.2) is 35.1 Å². The molecule has 0 aliphatic carbocycles. The summed E-state index contributed by atoms with van der Waals surface area (Å²) in [4.78, 5) is 15.5. The first-order valence-corrected chi connectivity index (χ1v) is 6.28. The Morgan fingerprint density at radius 3 is 2.95 bits per heavy atom. The molecule has 1 aromatic heterocycles. The van der Waals surface area contributed by atoms with Crippen LogP contribution in [0.1, 0.15) is 19.3 Å². The van der Waals surface area contributed by atoms with Gasteiger partial charge in [0, 0.05) is 31.9 Å². The molecule has 110 valence electrons. The average molecular weight is 309 g/mol. The lowest BCUT2D eigenvalue weighted by atomic mass is 10.0. The molecule has 1 unspecified atom stereocenters. The van der Waals surface area contributed by atoms with Gasteiger partial charge in [-0.3, -0.25) is 4.79 Å². The molecule has 1 aliphatic heterocycles. The summed E-state index contributed by atoms with van der Waals surface area (Å²) in [6, 6.07) is 0. The summed E-state index contributed by atoms with van der Waals surface area (Å²) >= 11 is 0. The summed E-state index contributed by atoms with van der Waals surface area (Å²) < 4.78 is 1.96. The van der Waals surface area contributed by atoms with Gasteiger partial charge in [0.25, 0.3) is 0 Å². The Hall–Kier alpha value is -0.780. The monoisotopic (exact) mass is 308 g/mol. The normalized spacial score (nSPS) is 17.4. The molecule has 2 heterocycles. The maximum Gasteiger partial charge on any atom is 0.220 e. The fourth-order valence-corrected chi connectivity index (χ4v) is 2.13.